The Hall–Kier alpha value is -0.870. The molecule has 4 fully saturated rings. The van der Waals surface area contributed by atoms with Crippen LogP contribution in [-0.2, 0) is 6.54 Å². The second kappa shape index (κ2) is 5.10. The molecular formula is C17H28N4. The van der Waals surface area contributed by atoms with Gasteiger partial charge in [0.1, 0.15) is 0 Å². The first-order valence-electron chi connectivity index (χ1n) is 8.71. The van der Waals surface area contributed by atoms with Crippen LogP contribution in [0, 0.1) is 23.2 Å². The number of hydrazine groups is 1. The van der Waals surface area contributed by atoms with Gasteiger partial charge < -0.3 is 0 Å². The molecule has 5 rings (SSSR count). The van der Waals surface area contributed by atoms with Crippen LogP contribution >= 0.6 is 0 Å². The lowest BCUT2D eigenvalue weighted by molar-refractivity contribution is -0.0749. The zero-order chi connectivity index (χ0) is 14.4. The first kappa shape index (κ1) is 13.8. The lowest BCUT2D eigenvalue weighted by Gasteiger charge is -2.59. The molecule has 3 N–H and O–H groups in total. The summed E-state index contributed by atoms with van der Waals surface area (Å²) >= 11 is 0. The molecule has 0 amide bonds. The van der Waals surface area contributed by atoms with Gasteiger partial charge >= 0.3 is 0 Å². The van der Waals surface area contributed by atoms with E-state index in [9.17, 15) is 0 Å². The van der Waals surface area contributed by atoms with Gasteiger partial charge in [-0.2, -0.15) is 5.10 Å². The molecular weight excluding hydrogens is 260 g/mol. The van der Waals surface area contributed by atoms with Crippen molar-refractivity contribution >= 4 is 0 Å². The molecule has 1 aromatic heterocycles. The van der Waals surface area contributed by atoms with Crippen LogP contribution in [-0.4, -0.2) is 9.78 Å². The predicted molar refractivity (Wildman–Crippen MR) is 83.2 cm³/mol. The third-order valence-corrected chi connectivity index (χ3v) is 6.30. The molecule has 0 radical (unpaired) electrons. The Labute approximate surface area is 127 Å². The third-order valence-electron chi connectivity index (χ3n) is 6.30. The Morgan fingerprint density at radius 1 is 1.29 bits per heavy atom. The molecule has 1 heterocycles. The highest BCUT2D eigenvalue weighted by molar-refractivity contribution is 5.18. The Morgan fingerprint density at radius 3 is 2.43 bits per heavy atom. The highest BCUT2D eigenvalue weighted by atomic mass is 15.3. The summed E-state index contributed by atoms with van der Waals surface area (Å²) in [6.45, 7) is 3.19. The number of hydrogen-bond donors (Lipinski definition) is 2. The van der Waals surface area contributed by atoms with Crippen LogP contribution in [0.3, 0.4) is 0 Å². The molecule has 21 heavy (non-hydrogen) atoms. The summed E-state index contributed by atoms with van der Waals surface area (Å²) in [5.41, 5.74) is 4.87. The zero-order valence-corrected chi connectivity index (χ0v) is 13.1. The molecule has 4 aliphatic carbocycles. The molecule has 116 valence electrons. The van der Waals surface area contributed by atoms with Crippen LogP contribution in [0.5, 0.6) is 0 Å². The average Bonchev–Trinajstić information content (AvgIpc) is 2.86. The number of nitrogens with zero attached hydrogens (tertiary/aromatic N) is 2. The molecule has 4 aliphatic rings. The van der Waals surface area contributed by atoms with Crippen molar-refractivity contribution in [2.45, 2.75) is 64.5 Å². The molecule has 0 spiro atoms. The van der Waals surface area contributed by atoms with Crippen LogP contribution in [0.2, 0.25) is 0 Å². The minimum atomic E-state index is 0.288. The van der Waals surface area contributed by atoms with Gasteiger partial charge in [0.15, 0.2) is 0 Å². The molecule has 0 aliphatic heterocycles. The minimum absolute atomic E-state index is 0.288. The molecule has 4 heteroatoms. The van der Waals surface area contributed by atoms with Crippen molar-refractivity contribution in [3.63, 3.8) is 0 Å². The maximum absolute atomic E-state index is 6.02. The van der Waals surface area contributed by atoms with Gasteiger partial charge in [-0.3, -0.25) is 16.0 Å². The van der Waals surface area contributed by atoms with Crippen molar-refractivity contribution in [1.29, 1.82) is 0 Å². The fourth-order valence-corrected chi connectivity index (χ4v) is 6.04. The lowest BCUT2D eigenvalue weighted by atomic mass is 9.47. The maximum atomic E-state index is 6.02. The number of rotatable bonds is 5. The number of nitrogens with one attached hydrogen (secondary N) is 1. The van der Waals surface area contributed by atoms with Crippen LogP contribution in [0.15, 0.2) is 12.4 Å². The van der Waals surface area contributed by atoms with Gasteiger partial charge in [0.05, 0.1) is 12.2 Å². The van der Waals surface area contributed by atoms with Crippen molar-refractivity contribution in [3.8, 4) is 0 Å². The molecule has 1 unspecified atom stereocenters. The van der Waals surface area contributed by atoms with E-state index in [4.69, 9.17) is 5.84 Å². The smallest absolute Gasteiger partial charge is 0.0547 e. The average molecular weight is 288 g/mol. The van der Waals surface area contributed by atoms with E-state index in [2.05, 4.69) is 28.3 Å². The summed E-state index contributed by atoms with van der Waals surface area (Å²) in [7, 11) is 0. The van der Waals surface area contributed by atoms with Crippen LogP contribution in [0.1, 0.15) is 63.5 Å². The van der Waals surface area contributed by atoms with Gasteiger partial charge in [0.25, 0.3) is 0 Å². The summed E-state index contributed by atoms with van der Waals surface area (Å²) in [6, 6.07) is 0.288. The normalized spacial score (nSPS) is 38.9. The van der Waals surface area contributed by atoms with E-state index in [1.54, 1.807) is 0 Å². The molecule has 1 atom stereocenters. The minimum Gasteiger partial charge on any atom is -0.272 e. The van der Waals surface area contributed by atoms with Crippen molar-refractivity contribution in [2.75, 3.05) is 0 Å². The highest BCUT2D eigenvalue weighted by Crippen LogP contribution is 2.63. The summed E-state index contributed by atoms with van der Waals surface area (Å²) in [5.74, 6) is 8.89. The Bertz CT molecular complexity index is 471. The first-order valence-corrected chi connectivity index (χ1v) is 8.71. The van der Waals surface area contributed by atoms with Gasteiger partial charge in [-0.25, -0.2) is 0 Å². The number of aryl methyl sites for hydroxylation is 1. The van der Waals surface area contributed by atoms with E-state index >= 15 is 0 Å². The SMILES string of the molecule is CCCn1cc(C(NN)C23CC4CC(CC(C4)C2)C3)cn1. The summed E-state index contributed by atoms with van der Waals surface area (Å²) in [4.78, 5) is 0. The molecule has 0 saturated heterocycles. The second-order valence-electron chi connectivity index (χ2n) is 7.92. The number of aromatic nitrogens is 2. The second-order valence-corrected chi connectivity index (χ2v) is 7.92. The third kappa shape index (κ3) is 2.23. The van der Waals surface area contributed by atoms with Gasteiger partial charge in [0, 0.05) is 18.3 Å². The topological polar surface area (TPSA) is 55.9 Å². The molecule has 4 nitrogen and oxygen atoms in total. The molecule has 4 bridgehead atoms. The fourth-order valence-electron chi connectivity index (χ4n) is 6.04. The van der Waals surface area contributed by atoms with E-state index in [0.29, 0.717) is 5.41 Å². The zero-order valence-electron chi connectivity index (χ0n) is 13.1. The predicted octanol–water partition coefficient (Wildman–Crippen LogP) is 3.01. The van der Waals surface area contributed by atoms with E-state index in [0.717, 1.165) is 30.7 Å². The van der Waals surface area contributed by atoms with Crippen molar-refractivity contribution < 1.29 is 0 Å². The largest absolute Gasteiger partial charge is 0.272 e. The van der Waals surface area contributed by atoms with Crippen LogP contribution in [0.25, 0.3) is 0 Å². The molecule has 4 saturated carbocycles. The highest BCUT2D eigenvalue weighted by Gasteiger charge is 2.54. The summed E-state index contributed by atoms with van der Waals surface area (Å²) in [6.07, 6.45) is 13.9. The monoisotopic (exact) mass is 288 g/mol. The molecule has 0 aromatic carbocycles. The van der Waals surface area contributed by atoms with Gasteiger partial charge in [-0.15, -0.1) is 0 Å². The Kier molecular flexibility index (Phi) is 3.34. The Balaban J connectivity index is 1.62. The maximum Gasteiger partial charge on any atom is 0.0547 e. The van der Waals surface area contributed by atoms with E-state index < -0.39 is 0 Å². The summed E-state index contributed by atoms with van der Waals surface area (Å²) in [5, 5.41) is 4.52. The van der Waals surface area contributed by atoms with Gasteiger partial charge in [0.2, 0.25) is 0 Å². The van der Waals surface area contributed by atoms with Crippen LogP contribution in [0.4, 0.5) is 0 Å². The van der Waals surface area contributed by atoms with E-state index in [1.807, 2.05) is 6.20 Å². The van der Waals surface area contributed by atoms with Crippen LogP contribution < -0.4 is 11.3 Å². The van der Waals surface area contributed by atoms with Crippen molar-refractivity contribution in [3.05, 3.63) is 18.0 Å². The Morgan fingerprint density at radius 2 is 1.90 bits per heavy atom. The first-order chi connectivity index (χ1) is 10.2. The summed E-state index contributed by atoms with van der Waals surface area (Å²) < 4.78 is 2.07. The quantitative estimate of drug-likeness (QED) is 0.647. The van der Waals surface area contributed by atoms with E-state index in [1.165, 1.54) is 44.1 Å². The lowest BCUT2D eigenvalue weighted by Crippen LogP contribution is -2.53. The number of hydrogen-bond acceptors (Lipinski definition) is 3. The van der Waals surface area contributed by atoms with Crippen molar-refractivity contribution in [2.24, 2.45) is 29.0 Å². The van der Waals surface area contributed by atoms with Gasteiger partial charge in [-0.1, -0.05) is 6.92 Å². The van der Waals surface area contributed by atoms with Gasteiger partial charge in [-0.05, 0) is 68.1 Å². The van der Waals surface area contributed by atoms with E-state index in [-0.39, 0.29) is 6.04 Å². The molecule has 1 aromatic rings. The standard InChI is InChI=1S/C17H28N4/c1-2-3-21-11-15(10-19-21)16(20-18)17-7-12-4-13(8-17)6-14(5-12)9-17/h10-14,16,20H,2-9,18H2,1H3. The van der Waals surface area contributed by atoms with Crippen molar-refractivity contribution in [1.82, 2.24) is 15.2 Å². The fraction of sp³-hybridized carbons (Fsp3) is 0.824. The number of nitrogens with two attached hydrogens (primary N) is 1.